The van der Waals surface area contributed by atoms with Crippen LogP contribution in [0.4, 0.5) is 5.82 Å². The van der Waals surface area contributed by atoms with Crippen LogP contribution in [0.25, 0.3) is 0 Å². The molecule has 4 nitrogen and oxygen atoms in total. The number of aromatic nitrogens is 1. The molecule has 0 spiro atoms. The van der Waals surface area contributed by atoms with Crippen LogP contribution < -0.4 is 10.2 Å². The number of hydrogen-bond donors (Lipinski definition) is 1. The Morgan fingerprint density at radius 1 is 1.39 bits per heavy atom. The first-order valence-electron chi connectivity index (χ1n) is 6.45. The first-order chi connectivity index (χ1) is 8.56. The Kier molecular flexibility index (Phi) is 6.09. The summed E-state index contributed by atoms with van der Waals surface area (Å²) in [7, 11) is 3.79. The molecule has 1 atom stereocenters. The third kappa shape index (κ3) is 4.27. The average Bonchev–Trinajstić information content (AvgIpc) is 2.36. The SMILES string of the molecule is COCC(C)N(C)c1ncccc1CNC(C)C. The van der Waals surface area contributed by atoms with Gasteiger partial charge in [-0.05, 0) is 13.0 Å². The van der Waals surface area contributed by atoms with Crippen LogP contribution in [0.1, 0.15) is 26.3 Å². The number of nitrogens with zero attached hydrogens (tertiary/aromatic N) is 2. The van der Waals surface area contributed by atoms with Crippen LogP contribution in [0.2, 0.25) is 0 Å². The van der Waals surface area contributed by atoms with Crippen LogP contribution in [0, 0.1) is 0 Å². The summed E-state index contributed by atoms with van der Waals surface area (Å²) in [6.45, 7) is 7.97. The summed E-state index contributed by atoms with van der Waals surface area (Å²) >= 11 is 0. The lowest BCUT2D eigenvalue weighted by Gasteiger charge is -2.27. The van der Waals surface area contributed by atoms with Crippen molar-refractivity contribution in [3.63, 3.8) is 0 Å². The molecule has 102 valence electrons. The lowest BCUT2D eigenvalue weighted by Crippen LogP contribution is -2.34. The summed E-state index contributed by atoms with van der Waals surface area (Å²) in [5.41, 5.74) is 1.22. The van der Waals surface area contributed by atoms with Crippen molar-refractivity contribution < 1.29 is 4.74 Å². The Morgan fingerprint density at radius 2 is 2.11 bits per heavy atom. The molecule has 0 aliphatic carbocycles. The minimum atomic E-state index is 0.308. The van der Waals surface area contributed by atoms with Gasteiger partial charge in [0.15, 0.2) is 0 Å². The molecule has 0 saturated carbocycles. The van der Waals surface area contributed by atoms with Crippen LogP contribution in [-0.2, 0) is 11.3 Å². The monoisotopic (exact) mass is 251 g/mol. The number of methoxy groups -OCH3 is 1. The minimum absolute atomic E-state index is 0.308. The van der Waals surface area contributed by atoms with Crippen LogP contribution in [0.15, 0.2) is 18.3 Å². The number of likely N-dealkylation sites (N-methyl/N-ethyl adjacent to an activating group) is 1. The van der Waals surface area contributed by atoms with Gasteiger partial charge in [-0.3, -0.25) is 0 Å². The Balaban J connectivity index is 2.80. The molecule has 1 aromatic rings. The van der Waals surface area contributed by atoms with Crippen LogP contribution in [-0.4, -0.2) is 37.8 Å². The Hall–Kier alpha value is -1.13. The van der Waals surface area contributed by atoms with Gasteiger partial charge >= 0.3 is 0 Å². The first-order valence-corrected chi connectivity index (χ1v) is 6.45. The van der Waals surface area contributed by atoms with Crippen molar-refractivity contribution in [2.75, 3.05) is 25.7 Å². The van der Waals surface area contributed by atoms with E-state index in [1.807, 2.05) is 12.3 Å². The quantitative estimate of drug-likeness (QED) is 0.805. The van der Waals surface area contributed by atoms with Gasteiger partial charge in [-0.15, -0.1) is 0 Å². The molecule has 0 fully saturated rings. The lowest BCUT2D eigenvalue weighted by atomic mass is 10.2. The van der Waals surface area contributed by atoms with Crippen molar-refractivity contribution in [2.45, 2.75) is 39.4 Å². The van der Waals surface area contributed by atoms with Crippen molar-refractivity contribution in [1.29, 1.82) is 0 Å². The molecular weight excluding hydrogens is 226 g/mol. The van der Waals surface area contributed by atoms with E-state index in [1.165, 1.54) is 5.56 Å². The summed E-state index contributed by atoms with van der Waals surface area (Å²) in [5.74, 6) is 1.02. The van der Waals surface area contributed by atoms with E-state index < -0.39 is 0 Å². The van der Waals surface area contributed by atoms with Gasteiger partial charge < -0.3 is 15.0 Å². The van der Waals surface area contributed by atoms with Crippen molar-refractivity contribution in [1.82, 2.24) is 10.3 Å². The molecule has 0 amide bonds. The summed E-state index contributed by atoms with van der Waals surface area (Å²) in [4.78, 5) is 6.66. The van der Waals surface area contributed by atoms with Gasteiger partial charge in [-0.1, -0.05) is 19.9 Å². The van der Waals surface area contributed by atoms with Gasteiger partial charge in [0.1, 0.15) is 5.82 Å². The number of hydrogen-bond acceptors (Lipinski definition) is 4. The van der Waals surface area contributed by atoms with Gasteiger partial charge in [0, 0.05) is 38.5 Å². The fourth-order valence-electron chi connectivity index (χ4n) is 1.76. The lowest BCUT2D eigenvalue weighted by molar-refractivity contribution is 0.183. The number of pyridine rings is 1. The number of anilines is 1. The minimum Gasteiger partial charge on any atom is -0.383 e. The second-order valence-corrected chi connectivity index (χ2v) is 4.94. The van der Waals surface area contributed by atoms with Crippen LogP contribution in [0.3, 0.4) is 0 Å². The zero-order valence-electron chi connectivity index (χ0n) is 12.1. The van der Waals surface area contributed by atoms with Crippen LogP contribution >= 0.6 is 0 Å². The maximum Gasteiger partial charge on any atom is 0.133 e. The highest BCUT2D eigenvalue weighted by atomic mass is 16.5. The maximum atomic E-state index is 5.20. The second kappa shape index (κ2) is 7.34. The Labute approximate surface area is 110 Å². The second-order valence-electron chi connectivity index (χ2n) is 4.94. The van der Waals surface area contributed by atoms with Crippen molar-refractivity contribution in [3.8, 4) is 0 Å². The van der Waals surface area contributed by atoms with E-state index in [4.69, 9.17) is 4.74 Å². The van der Waals surface area contributed by atoms with Gasteiger partial charge in [0.2, 0.25) is 0 Å². The van der Waals surface area contributed by atoms with Crippen molar-refractivity contribution in [3.05, 3.63) is 23.9 Å². The molecule has 1 N–H and O–H groups in total. The van der Waals surface area contributed by atoms with Gasteiger partial charge in [0.05, 0.1) is 12.6 Å². The molecule has 18 heavy (non-hydrogen) atoms. The molecule has 0 aromatic carbocycles. The zero-order valence-corrected chi connectivity index (χ0v) is 12.1. The van der Waals surface area contributed by atoms with Gasteiger partial charge in [0.25, 0.3) is 0 Å². The molecule has 1 heterocycles. The number of nitrogens with one attached hydrogen (secondary N) is 1. The standard InChI is InChI=1S/C14H25N3O/c1-11(2)16-9-13-7-6-8-15-14(13)17(4)12(3)10-18-5/h6-8,11-12,16H,9-10H2,1-5H3. The fourth-order valence-corrected chi connectivity index (χ4v) is 1.76. The molecule has 1 rings (SSSR count). The molecule has 4 heteroatoms. The smallest absolute Gasteiger partial charge is 0.133 e. The predicted octanol–water partition coefficient (Wildman–Crippen LogP) is 2.05. The predicted molar refractivity (Wildman–Crippen MR) is 76.0 cm³/mol. The first kappa shape index (κ1) is 14.9. The van der Waals surface area contributed by atoms with E-state index in [0.717, 1.165) is 12.4 Å². The topological polar surface area (TPSA) is 37.4 Å². The van der Waals surface area contributed by atoms with Gasteiger partial charge in [-0.25, -0.2) is 4.98 Å². The normalized spacial score (nSPS) is 12.8. The number of rotatable bonds is 7. The molecule has 0 radical (unpaired) electrons. The van der Waals surface area contributed by atoms with Crippen molar-refractivity contribution >= 4 is 5.82 Å². The average molecular weight is 251 g/mol. The van der Waals surface area contributed by atoms with E-state index in [1.54, 1.807) is 7.11 Å². The molecular formula is C14H25N3O. The molecule has 1 unspecified atom stereocenters. The summed E-state index contributed by atoms with van der Waals surface area (Å²) in [5, 5.41) is 3.43. The Bertz CT molecular complexity index is 355. The molecule has 1 aromatic heterocycles. The third-order valence-electron chi connectivity index (χ3n) is 2.97. The molecule has 0 aliphatic rings. The summed E-state index contributed by atoms with van der Waals surface area (Å²) in [6, 6.07) is 4.88. The highest BCUT2D eigenvalue weighted by Gasteiger charge is 2.14. The van der Waals surface area contributed by atoms with Crippen LogP contribution in [0.5, 0.6) is 0 Å². The van der Waals surface area contributed by atoms with Gasteiger partial charge in [-0.2, -0.15) is 0 Å². The van der Waals surface area contributed by atoms with Crippen molar-refractivity contribution in [2.24, 2.45) is 0 Å². The zero-order chi connectivity index (χ0) is 13.5. The summed E-state index contributed by atoms with van der Waals surface area (Å²) in [6.07, 6.45) is 1.84. The highest BCUT2D eigenvalue weighted by molar-refractivity contribution is 5.46. The third-order valence-corrected chi connectivity index (χ3v) is 2.97. The number of ether oxygens (including phenoxy) is 1. The van der Waals surface area contributed by atoms with E-state index in [0.29, 0.717) is 18.7 Å². The van der Waals surface area contributed by atoms with E-state index in [2.05, 4.69) is 49.1 Å². The largest absolute Gasteiger partial charge is 0.383 e. The molecule has 0 saturated heterocycles. The molecule has 0 bridgehead atoms. The van der Waals surface area contributed by atoms with E-state index in [-0.39, 0.29) is 0 Å². The summed E-state index contributed by atoms with van der Waals surface area (Å²) < 4.78 is 5.20. The molecule has 0 aliphatic heterocycles. The Morgan fingerprint density at radius 3 is 2.72 bits per heavy atom. The maximum absolute atomic E-state index is 5.20. The fraction of sp³-hybridized carbons (Fsp3) is 0.643. The van der Waals surface area contributed by atoms with E-state index >= 15 is 0 Å². The highest BCUT2D eigenvalue weighted by Crippen LogP contribution is 2.18. The van der Waals surface area contributed by atoms with E-state index in [9.17, 15) is 0 Å².